The summed E-state index contributed by atoms with van der Waals surface area (Å²) in [6.45, 7) is 4.70. The first-order valence-corrected chi connectivity index (χ1v) is 13.5. The molecule has 0 radical (unpaired) electrons. The average Bonchev–Trinajstić information content (AvgIpc) is 3.35. The maximum atomic E-state index is 14.5. The van der Waals surface area contributed by atoms with E-state index in [1.165, 1.54) is 16.4 Å². The van der Waals surface area contributed by atoms with Gasteiger partial charge in [0, 0.05) is 12.0 Å². The van der Waals surface area contributed by atoms with Gasteiger partial charge < -0.3 is 19.7 Å². The van der Waals surface area contributed by atoms with Crippen LogP contribution in [-0.2, 0) is 10.0 Å². The Morgan fingerprint density at radius 2 is 2.18 bits per heavy atom. The van der Waals surface area contributed by atoms with E-state index < -0.39 is 21.9 Å². The molecule has 1 aliphatic heterocycles. The van der Waals surface area contributed by atoms with Crippen LogP contribution in [0.4, 0.5) is 10.1 Å². The number of nitrogens with zero attached hydrogens (tertiary/aromatic N) is 2. The van der Waals surface area contributed by atoms with Gasteiger partial charge in [-0.1, -0.05) is 36.4 Å². The van der Waals surface area contributed by atoms with Gasteiger partial charge in [-0.3, -0.25) is 4.31 Å². The lowest BCUT2D eigenvalue weighted by atomic mass is 10.0. The van der Waals surface area contributed by atoms with Crippen molar-refractivity contribution in [3.8, 4) is 11.6 Å². The molecule has 0 amide bonds. The monoisotopic (exact) mass is 563 g/mol. The summed E-state index contributed by atoms with van der Waals surface area (Å²) in [6.07, 6.45) is 2.82. The van der Waals surface area contributed by atoms with E-state index in [0.717, 1.165) is 6.20 Å². The molecular formula is C26H27ClFN3O6S. The summed E-state index contributed by atoms with van der Waals surface area (Å²) in [6, 6.07) is 9.41. The van der Waals surface area contributed by atoms with E-state index in [-0.39, 0.29) is 59.0 Å². The smallest absolute Gasteiger partial charge is 0.271 e. The molecule has 0 bridgehead atoms. The number of aliphatic hydroxyl groups is 2. The molecule has 0 saturated carbocycles. The fraction of sp³-hybridized carbons (Fsp3) is 0.269. The first-order chi connectivity index (χ1) is 18.1. The Morgan fingerprint density at radius 1 is 1.39 bits per heavy atom. The number of fused-ring (bicyclic) bond motifs is 1. The standard InChI is InChI=1S/C26H27ClFN3O6S/c1-16(25-20(27)4-3-5-21(25)28)12-18-7-9-23-22(13-18)31(15-19(37-23)8-6-17(2)33)38(34,35)24-14-29-30-26(24)36-11-10-32/h3-5,7,9,12-14,19,32-33H,2,6,8,10-11,15H2,1H3,(H,29,30)/b16-12+/t19-/m0/s1. The van der Waals surface area contributed by atoms with Crippen molar-refractivity contribution in [1.29, 1.82) is 0 Å². The number of anilines is 1. The molecule has 3 N–H and O–H groups in total. The number of nitrogens with one attached hydrogen (secondary N) is 1. The second kappa shape index (κ2) is 11.5. The summed E-state index contributed by atoms with van der Waals surface area (Å²) in [5.41, 5.74) is 1.66. The molecule has 1 aliphatic rings. The Hall–Kier alpha value is -3.54. The molecule has 0 spiro atoms. The van der Waals surface area contributed by atoms with Crippen molar-refractivity contribution in [2.24, 2.45) is 0 Å². The summed E-state index contributed by atoms with van der Waals surface area (Å²) in [4.78, 5) is -0.209. The van der Waals surface area contributed by atoms with E-state index in [0.29, 0.717) is 23.3 Å². The van der Waals surface area contributed by atoms with Crippen molar-refractivity contribution in [1.82, 2.24) is 10.2 Å². The van der Waals surface area contributed by atoms with Gasteiger partial charge in [-0.2, -0.15) is 5.10 Å². The number of aliphatic hydroxyl groups excluding tert-OH is 2. The number of allylic oxidation sites excluding steroid dienone is 2. The number of hydrogen-bond acceptors (Lipinski definition) is 7. The molecule has 0 fully saturated rings. The highest BCUT2D eigenvalue weighted by Crippen LogP contribution is 2.40. The van der Waals surface area contributed by atoms with Crippen LogP contribution in [0.1, 0.15) is 30.9 Å². The van der Waals surface area contributed by atoms with Gasteiger partial charge in [0.1, 0.15) is 24.3 Å². The minimum absolute atomic E-state index is 0.0360. The van der Waals surface area contributed by atoms with E-state index in [1.807, 2.05) is 0 Å². The van der Waals surface area contributed by atoms with Gasteiger partial charge in [-0.25, -0.2) is 17.9 Å². The molecule has 9 nitrogen and oxygen atoms in total. The van der Waals surface area contributed by atoms with Crippen LogP contribution in [-0.4, -0.2) is 54.7 Å². The fourth-order valence-electron chi connectivity index (χ4n) is 4.14. The molecule has 12 heteroatoms. The van der Waals surface area contributed by atoms with Crippen LogP contribution in [0.15, 0.2) is 59.8 Å². The summed E-state index contributed by atoms with van der Waals surface area (Å²) >= 11 is 6.22. The van der Waals surface area contributed by atoms with Crippen LogP contribution in [0.5, 0.6) is 11.6 Å². The molecule has 0 saturated heterocycles. The molecule has 2 aromatic carbocycles. The van der Waals surface area contributed by atoms with E-state index in [4.69, 9.17) is 26.2 Å². The van der Waals surface area contributed by atoms with Crippen LogP contribution < -0.4 is 13.8 Å². The molecule has 0 unspecified atom stereocenters. The zero-order valence-corrected chi connectivity index (χ0v) is 22.1. The number of hydrogen-bond donors (Lipinski definition) is 3. The Bertz CT molecular complexity index is 1450. The number of sulfonamides is 1. The van der Waals surface area contributed by atoms with Gasteiger partial charge in [0.25, 0.3) is 10.0 Å². The largest absolute Gasteiger partial charge is 0.513 e. The number of halogens is 2. The molecular weight excluding hydrogens is 537 g/mol. The molecule has 202 valence electrons. The van der Waals surface area contributed by atoms with E-state index in [9.17, 15) is 17.9 Å². The van der Waals surface area contributed by atoms with Crippen molar-refractivity contribution < 1.29 is 32.5 Å². The van der Waals surface area contributed by atoms with Crippen LogP contribution in [0.2, 0.25) is 5.02 Å². The number of aromatic nitrogens is 2. The maximum absolute atomic E-state index is 14.5. The molecule has 2 heterocycles. The van der Waals surface area contributed by atoms with Gasteiger partial charge in [-0.15, -0.1) is 0 Å². The predicted molar refractivity (Wildman–Crippen MR) is 143 cm³/mol. The topological polar surface area (TPSA) is 125 Å². The highest BCUT2D eigenvalue weighted by molar-refractivity contribution is 7.93. The summed E-state index contributed by atoms with van der Waals surface area (Å²) in [7, 11) is -4.21. The lowest BCUT2D eigenvalue weighted by Gasteiger charge is -2.35. The SMILES string of the molecule is C=C(O)CC[C@H]1CN(S(=O)(=O)c2cn[nH]c2OCCO)c2cc(/C=C(\C)c3c(F)cccc3Cl)ccc2O1. The first kappa shape index (κ1) is 27.5. The van der Waals surface area contributed by atoms with Gasteiger partial charge in [0.2, 0.25) is 5.88 Å². The van der Waals surface area contributed by atoms with Gasteiger partial charge >= 0.3 is 0 Å². The first-order valence-electron chi connectivity index (χ1n) is 11.7. The lowest BCUT2D eigenvalue weighted by molar-refractivity contribution is 0.184. The third-order valence-corrected chi connectivity index (χ3v) is 7.97. The Morgan fingerprint density at radius 3 is 2.89 bits per heavy atom. The van der Waals surface area contributed by atoms with Crippen molar-refractivity contribution in [2.75, 3.05) is 24.1 Å². The van der Waals surface area contributed by atoms with Crippen LogP contribution in [0.3, 0.4) is 0 Å². The Kier molecular flexibility index (Phi) is 8.29. The maximum Gasteiger partial charge on any atom is 0.271 e. The number of H-pyrrole nitrogens is 1. The van der Waals surface area contributed by atoms with E-state index in [1.54, 1.807) is 37.3 Å². The predicted octanol–water partition coefficient (Wildman–Crippen LogP) is 4.94. The van der Waals surface area contributed by atoms with Gasteiger partial charge in [-0.05, 0) is 48.7 Å². The normalized spacial score (nSPS) is 15.6. The van der Waals surface area contributed by atoms with E-state index in [2.05, 4.69) is 16.8 Å². The zero-order valence-electron chi connectivity index (χ0n) is 20.5. The molecule has 38 heavy (non-hydrogen) atoms. The highest BCUT2D eigenvalue weighted by Gasteiger charge is 2.37. The number of rotatable bonds is 10. The van der Waals surface area contributed by atoms with Crippen LogP contribution in [0, 0.1) is 5.82 Å². The van der Waals surface area contributed by atoms with Crippen LogP contribution >= 0.6 is 11.6 Å². The molecule has 1 atom stereocenters. The van der Waals surface area contributed by atoms with Crippen molar-refractivity contribution in [2.45, 2.75) is 30.8 Å². The van der Waals surface area contributed by atoms with Crippen molar-refractivity contribution in [3.63, 3.8) is 0 Å². The fourth-order valence-corrected chi connectivity index (χ4v) is 5.98. The molecule has 3 aromatic rings. The molecule has 4 rings (SSSR count). The Balaban J connectivity index is 1.77. The minimum atomic E-state index is -4.21. The summed E-state index contributed by atoms with van der Waals surface area (Å²) in [5.74, 6) is -0.298. The highest BCUT2D eigenvalue weighted by atomic mass is 35.5. The Labute approximate surface area is 224 Å². The third-order valence-electron chi connectivity index (χ3n) is 5.89. The quantitative estimate of drug-likeness (QED) is 0.236. The summed E-state index contributed by atoms with van der Waals surface area (Å²) in [5, 5.41) is 25.2. The zero-order chi connectivity index (χ0) is 27.4. The molecule has 1 aromatic heterocycles. The number of aromatic amines is 1. The summed E-state index contributed by atoms with van der Waals surface area (Å²) < 4.78 is 54.7. The second-order valence-corrected chi connectivity index (χ2v) is 10.9. The van der Waals surface area contributed by atoms with Gasteiger partial charge in [0.05, 0.1) is 35.8 Å². The number of ether oxygens (including phenoxy) is 2. The van der Waals surface area contributed by atoms with Crippen molar-refractivity contribution in [3.05, 3.63) is 76.9 Å². The number of benzene rings is 2. The van der Waals surface area contributed by atoms with Crippen LogP contribution in [0.25, 0.3) is 11.6 Å². The lowest BCUT2D eigenvalue weighted by Crippen LogP contribution is -2.43. The molecule has 0 aliphatic carbocycles. The third kappa shape index (κ3) is 5.79. The van der Waals surface area contributed by atoms with Gasteiger partial charge in [0.15, 0.2) is 4.90 Å². The minimum Gasteiger partial charge on any atom is -0.513 e. The van der Waals surface area contributed by atoms with E-state index >= 15 is 0 Å². The second-order valence-electron chi connectivity index (χ2n) is 8.67. The average molecular weight is 564 g/mol. The van der Waals surface area contributed by atoms with Crippen molar-refractivity contribution >= 4 is 39.0 Å².